The van der Waals surface area contributed by atoms with E-state index in [0.29, 0.717) is 0 Å². The van der Waals surface area contributed by atoms with E-state index in [2.05, 4.69) is 17.0 Å². The fraction of sp³-hybridized carbons (Fsp3) is 0.455. The number of anilines is 1. The summed E-state index contributed by atoms with van der Waals surface area (Å²) in [5, 5.41) is 6.20. The number of hydrogen-bond acceptors (Lipinski definition) is 2. The summed E-state index contributed by atoms with van der Waals surface area (Å²) in [5.74, 6) is -0.451. The maximum Gasteiger partial charge on any atom is 0.416 e. The minimum Gasteiger partial charge on any atom is -0.311 e. The second-order valence-electron chi connectivity index (χ2n) is 4.10. The van der Waals surface area contributed by atoms with Crippen molar-refractivity contribution >= 4 is 17.3 Å². The molecule has 0 aromatic carbocycles. The van der Waals surface area contributed by atoms with E-state index in [-0.39, 0.29) is 17.4 Å². The average molecular weight is 261 g/mol. The molecule has 1 rings (SSSR count). The molecule has 1 aromatic heterocycles. The Morgan fingerprint density at radius 1 is 1.50 bits per heavy atom. The summed E-state index contributed by atoms with van der Waals surface area (Å²) >= 11 is 0. The van der Waals surface area contributed by atoms with Gasteiger partial charge in [0.05, 0.1) is 11.8 Å². The van der Waals surface area contributed by atoms with Crippen LogP contribution in [0.25, 0.3) is 5.57 Å². The highest BCUT2D eigenvalue weighted by Crippen LogP contribution is 2.36. The highest BCUT2D eigenvalue weighted by Gasteiger charge is 2.35. The number of halogens is 3. The monoisotopic (exact) mass is 261 g/mol. The largest absolute Gasteiger partial charge is 0.416 e. The Balaban J connectivity index is 3.28. The molecule has 0 aliphatic rings. The number of carbonyl (C=O) groups excluding carboxylic acids is 1. The molecule has 4 nitrogen and oxygen atoms in total. The first-order valence-electron chi connectivity index (χ1n) is 5.26. The molecule has 0 radical (unpaired) electrons. The number of alkyl halides is 3. The Bertz CT molecular complexity index is 474. The Morgan fingerprint density at radius 3 is 2.44 bits per heavy atom. The van der Waals surface area contributed by atoms with Gasteiger partial charge in [-0.2, -0.15) is 18.3 Å². The van der Waals surface area contributed by atoms with Crippen LogP contribution in [0, 0.1) is 0 Å². The third-order valence-electron chi connectivity index (χ3n) is 2.25. The summed E-state index contributed by atoms with van der Waals surface area (Å²) in [4.78, 5) is 11.0. The summed E-state index contributed by atoms with van der Waals surface area (Å²) in [6.07, 6.45) is -3.50. The van der Waals surface area contributed by atoms with Gasteiger partial charge in [-0.05, 0) is 13.8 Å². The van der Waals surface area contributed by atoms with Crippen LogP contribution in [-0.4, -0.2) is 21.9 Å². The third kappa shape index (κ3) is 2.91. The number of hydrogen-bond donors (Lipinski definition) is 1. The third-order valence-corrected chi connectivity index (χ3v) is 2.25. The first kappa shape index (κ1) is 14.3. The number of aromatic nitrogens is 2. The number of amides is 1. The van der Waals surface area contributed by atoms with Crippen LogP contribution in [-0.2, 0) is 4.79 Å². The van der Waals surface area contributed by atoms with Gasteiger partial charge in [-0.15, -0.1) is 0 Å². The zero-order valence-electron chi connectivity index (χ0n) is 10.3. The van der Waals surface area contributed by atoms with Crippen LogP contribution in [0.15, 0.2) is 12.8 Å². The Hall–Kier alpha value is -1.79. The molecule has 0 unspecified atom stereocenters. The summed E-state index contributed by atoms with van der Waals surface area (Å²) in [5.41, 5.74) is -1.25. The van der Waals surface area contributed by atoms with Gasteiger partial charge in [-0.1, -0.05) is 6.58 Å². The van der Waals surface area contributed by atoms with Gasteiger partial charge in [0, 0.05) is 18.5 Å². The first-order valence-corrected chi connectivity index (χ1v) is 5.26. The highest BCUT2D eigenvalue weighted by atomic mass is 19.4. The van der Waals surface area contributed by atoms with E-state index in [1.807, 2.05) is 0 Å². The van der Waals surface area contributed by atoms with Crippen LogP contribution < -0.4 is 5.32 Å². The Labute approximate surface area is 102 Å². The molecule has 1 heterocycles. The molecule has 0 saturated carbocycles. The number of allylic oxidation sites excluding steroid dienone is 1. The standard InChI is InChI=1S/C11H14F3N3O/c1-6(2)17-10(16-8(4)18)9(5-15-17)7(3)11(12,13)14/h5-6H,3H2,1-2,4H3,(H,16,18). The molecule has 7 heteroatoms. The first-order chi connectivity index (χ1) is 8.14. The second-order valence-corrected chi connectivity index (χ2v) is 4.10. The van der Waals surface area contributed by atoms with Gasteiger partial charge in [0.1, 0.15) is 5.82 Å². The number of carbonyl (C=O) groups is 1. The van der Waals surface area contributed by atoms with Crippen molar-refractivity contribution in [2.45, 2.75) is 33.0 Å². The van der Waals surface area contributed by atoms with Crippen LogP contribution in [0.2, 0.25) is 0 Å². The van der Waals surface area contributed by atoms with Gasteiger partial charge < -0.3 is 5.32 Å². The van der Waals surface area contributed by atoms with Crippen molar-refractivity contribution < 1.29 is 18.0 Å². The lowest BCUT2D eigenvalue weighted by atomic mass is 10.1. The molecular formula is C11H14F3N3O. The van der Waals surface area contributed by atoms with Crippen LogP contribution in [0.5, 0.6) is 0 Å². The molecule has 0 aliphatic heterocycles. The minimum atomic E-state index is -4.56. The maximum atomic E-state index is 12.6. The quantitative estimate of drug-likeness (QED) is 0.909. The average Bonchev–Trinajstić information content (AvgIpc) is 2.57. The molecular weight excluding hydrogens is 247 g/mol. The molecule has 0 spiro atoms. The van der Waals surface area contributed by atoms with Gasteiger partial charge in [0.25, 0.3) is 0 Å². The van der Waals surface area contributed by atoms with Crippen LogP contribution in [0.3, 0.4) is 0 Å². The van der Waals surface area contributed by atoms with Crippen LogP contribution >= 0.6 is 0 Å². The van der Waals surface area contributed by atoms with Gasteiger partial charge in [0.15, 0.2) is 0 Å². The minimum absolute atomic E-state index is 0.0137. The zero-order valence-corrected chi connectivity index (χ0v) is 10.3. The molecule has 0 atom stereocenters. The number of rotatable bonds is 3. The lowest BCUT2D eigenvalue weighted by Gasteiger charge is -2.14. The van der Waals surface area contributed by atoms with Crippen molar-refractivity contribution in [2.24, 2.45) is 0 Å². The predicted octanol–water partition coefficient (Wildman–Crippen LogP) is 3.00. The van der Waals surface area contributed by atoms with E-state index in [1.165, 1.54) is 11.6 Å². The molecule has 0 saturated heterocycles. The molecule has 1 amide bonds. The lowest BCUT2D eigenvalue weighted by molar-refractivity contribution is -0.114. The summed E-state index contributed by atoms with van der Waals surface area (Å²) in [6.45, 7) is 7.72. The molecule has 0 aliphatic carbocycles. The van der Waals surface area contributed by atoms with Gasteiger partial charge in [-0.3, -0.25) is 4.79 Å². The fourth-order valence-corrected chi connectivity index (χ4v) is 1.42. The molecule has 18 heavy (non-hydrogen) atoms. The molecule has 1 N–H and O–H groups in total. The van der Waals surface area contributed by atoms with Gasteiger partial charge in [-0.25, -0.2) is 4.68 Å². The van der Waals surface area contributed by atoms with Crippen molar-refractivity contribution in [3.05, 3.63) is 18.3 Å². The highest BCUT2D eigenvalue weighted by molar-refractivity contribution is 5.91. The Morgan fingerprint density at radius 2 is 2.06 bits per heavy atom. The fourth-order valence-electron chi connectivity index (χ4n) is 1.42. The number of nitrogens with zero attached hydrogens (tertiary/aromatic N) is 2. The molecule has 100 valence electrons. The second kappa shape index (κ2) is 4.83. The normalized spacial score (nSPS) is 11.7. The lowest BCUT2D eigenvalue weighted by Crippen LogP contribution is -2.16. The SMILES string of the molecule is C=C(c1cnn(C(C)C)c1NC(C)=O)C(F)(F)F. The molecule has 0 bridgehead atoms. The van der Waals surface area contributed by atoms with Gasteiger partial charge >= 0.3 is 6.18 Å². The van der Waals surface area contributed by atoms with Gasteiger partial charge in [0.2, 0.25) is 5.91 Å². The van der Waals surface area contributed by atoms with Crippen molar-refractivity contribution in [3.8, 4) is 0 Å². The summed E-state index contributed by atoms with van der Waals surface area (Å²) < 4.78 is 39.2. The van der Waals surface area contributed by atoms with Crippen molar-refractivity contribution in [1.82, 2.24) is 9.78 Å². The topological polar surface area (TPSA) is 46.9 Å². The van der Waals surface area contributed by atoms with Crippen molar-refractivity contribution in [1.29, 1.82) is 0 Å². The van der Waals surface area contributed by atoms with E-state index in [9.17, 15) is 18.0 Å². The zero-order chi connectivity index (χ0) is 14.1. The molecule has 1 aromatic rings. The smallest absolute Gasteiger partial charge is 0.311 e. The molecule has 0 fully saturated rings. The van der Waals surface area contributed by atoms with Crippen LogP contribution in [0.1, 0.15) is 32.4 Å². The van der Waals surface area contributed by atoms with E-state index in [4.69, 9.17) is 0 Å². The maximum absolute atomic E-state index is 12.6. The predicted molar refractivity (Wildman–Crippen MR) is 62.0 cm³/mol. The number of nitrogens with one attached hydrogen (secondary N) is 1. The van der Waals surface area contributed by atoms with Crippen LogP contribution in [0.4, 0.5) is 19.0 Å². The van der Waals surface area contributed by atoms with E-state index >= 15 is 0 Å². The van der Waals surface area contributed by atoms with Crippen molar-refractivity contribution in [3.63, 3.8) is 0 Å². The van der Waals surface area contributed by atoms with Crippen molar-refractivity contribution in [2.75, 3.05) is 5.32 Å². The summed E-state index contributed by atoms with van der Waals surface area (Å²) in [6, 6.07) is -0.179. The Kier molecular flexibility index (Phi) is 3.83. The summed E-state index contributed by atoms with van der Waals surface area (Å²) in [7, 11) is 0. The van der Waals surface area contributed by atoms with E-state index < -0.39 is 17.7 Å². The van der Waals surface area contributed by atoms with E-state index in [1.54, 1.807) is 13.8 Å². The van der Waals surface area contributed by atoms with E-state index in [0.717, 1.165) is 6.20 Å².